The molecule has 24 heavy (non-hydrogen) atoms. The summed E-state index contributed by atoms with van der Waals surface area (Å²) in [6.07, 6.45) is 6.04. The van der Waals surface area contributed by atoms with Crippen LogP contribution in [-0.4, -0.2) is 50.6 Å². The summed E-state index contributed by atoms with van der Waals surface area (Å²) in [4.78, 5) is 14.5. The molecule has 0 bridgehead atoms. The van der Waals surface area contributed by atoms with E-state index in [2.05, 4.69) is 0 Å². The van der Waals surface area contributed by atoms with Crippen molar-refractivity contribution in [3.05, 3.63) is 24.3 Å². The maximum atomic E-state index is 12.8. The molecule has 3 rings (SSSR count). The SMILES string of the molecule is CS(=O)(=O)N(CC(=O)N1CCOc2ccccc21)C1CCCCC1. The number of nitrogens with zero attached hydrogens (tertiary/aromatic N) is 2. The second-order valence-electron chi connectivity index (χ2n) is 6.46. The van der Waals surface area contributed by atoms with Gasteiger partial charge in [-0.2, -0.15) is 4.31 Å². The zero-order valence-corrected chi connectivity index (χ0v) is 14.8. The molecule has 1 aromatic carbocycles. The smallest absolute Gasteiger partial charge is 0.242 e. The molecular formula is C17H24N2O4S. The monoisotopic (exact) mass is 352 g/mol. The molecule has 1 fully saturated rings. The van der Waals surface area contributed by atoms with Crippen molar-refractivity contribution in [1.29, 1.82) is 0 Å². The van der Waals surface area contributed by atoms with Crippen molar-refractivity contribution in [2.75, 3.05) is 30.9 Å². The molecular weight excluding hydrogens is 328 g/mol. The third kappa shape index (κ3) is 3.72. The Morgan fingerprint density at radius 3 is 2.67 bits per heavy atom. The molecule has 0 radical (unpaired) electrons. The van der Waals surface area contributed by atoms with E-state index < -0.39 is 10.0 Å². The quantitative estimate of drug-likeness (QED) is 0.831. The standard InChI is InChI=1S/C17H24N2O4S/c1-24(21,22)19(14-7-3-2-4-8-14)13-17(20)18-11-12-23-16-10-6-5-9-15(16)18/h5-6,9-10,14H,2-4,7-8,11-13H2,1H3. The minimum absolute atomic E-state index is 0.0611. The summed E-state index contributed by atoms with van der Waals surface area (Å²) in [7, 11) is -3.42. The molecule has 1 saturated carbocycles. The predicted molar refractivity (Wildman–Crippen MR) is 92.7 cm³/mol. The average molecular weight is 352 g/mol. The molecule has 0 aromatic heterocycles. The average Bonchev–Trinajstić information content (AvgIpc) is 2.58. The van der Waals surface area contributed by atoms with E-state index in [1.807, 2.05) is 24.3 Å². The summed E-state index contributed by atoms with van der Waals surface area (Å²) in [5.41, 5.74) is 0.714. The van der Waals surface area contributed by atoms with Gasteiger partial charge in [0.05, 0.1) is 25.0 Å². The van der Waals surface area contributed by atoms with E-state index in [1.165, 1.54) is 10.6 Å². The minimum atomic E-state index is -3.42. The lowest BCUT2D eigenvalue weighted by Crippen LogP contribution is -2.49. The summed E-state index contributed by atoms with van der Waals surface area (Å²) in [6, 6.07) is 7.30. The third-order valence-corrected chi connectivity index (χ3v) is 6.01. The molecule has 1 heterocycles. The van der Waals surface area contributed by atoms with Gasteiger partial charge in [0.2, 0.25) is 15.9 Å². The fraction of sp³-hybridized carbons (Fsp3) is 0.588. The van der Waals surface area contributed by atoms with Crippen molar-refractivity contribution in [3.8, 4) is 5.75 Å². The van der Waals surface area contributed by atoms with Gasteiger partial charge in [-0.3, -0.25) is 4.79 Å². The van der Waals surface area contributed by atoms with E-state index in [9.17, 15) is 13.2 Å². The lowest BCUT2D eigenvalue weighted by molar-refractivity contribution is -0.119. The molecule has 0 N–H and O–H groups in total. The zero-order valence-electron chi connectivity index (χ0n) is 14.0. The van der Waals surface area contributed by atoms with Crippen molar-refractivity contribution < 1.29 is 17.9 Å². The maximum Gasteiger partial charge on any atom is 0.242 e. The first kappa shape index (κ1) is 17.2. The summed E-state index contributed by atoms with van der Waals surface area (Å²) >= 11 is 0. The number of amides is 1. The van der Waals surface area contributed by atoms with E-state index in [-0.39, 0.29) is 18.5 Å². The first-order valence-corrected chi connectivity index (χ1v) is 10.3. The fourth-order valence-corrected chi connectivity index (χ4v) is 4.63. The summed E-state index contributed by atoms with van der Waals surface area (Å²) in [5.74, 6) is 0.474. The van der Waals surface area contributed by atoms with E-state index >= 15 is 0 Å². The number of anilines is 1. The van der Waals surface area contributed by atoms with Gasteiger partial charge in [0.1, 0.15) is 12.4 Å². The number of carbonyl (C=O) groups is 1. The first-order chi connectivity index (χ1) is 11.5. The maximum absolute atomic E-state index is 12.8. The van der Waals surface area contributed by atoms with Crippen molar-refractivity contribution in [2.24, 2.45) is 0 Å². The Morgan fingerprint density at radius 2 is 1.96 bits per heavy atom. The number of hydrogen-bond acceptors (Lipinski definition) is 4. The number of fused-ring (bicyclic) bond motifs is 1. The first-order valence-electron chi connectivity index (χ1n) is 8.46. The largest absolute Gasteiger partial charge is 0.490 e. The molecule has 1 aromatic rings. The molecule has 7 heteroatoms. The van der Waals surface area contributed by atoms with E-state index in [4.69, 9.17) is 4.74 Å². The van der Waals surface area contributed by atoms with Crippen molar-refractivity contribution in [1.82, 2.24) is 4.31 Å². The fourth-order valence-electron chi connectivity index (χ4n) is 3.53. The van der Waals surface area contributed by atoms with Crippen LogP contribution >= 0.6 is 0 Å². The topological polar surface area (TPSA) is 66.9 Å². The third-order valence-electron chi connectivity index (χ3n) is 4.73. The highest BCUT2D eigenvalue weighted by atomic mass is 32.2. The highest BCUT2D eigenvalue weighted by Crippen LogP contribution is 2.31. The highest BCUT2D eigenvalue weighted by molar-refractivity contribution is 7.88. The Bertz CT molecular complexity index is 698. The molecule has 1 aliphatic heterocycles. The van der Waals surface area contributed by atoms with Gasteiger partial charge in [-0.25, -0.2) is 8.42 Å². The predicted octanol–water partition coefficient (Wildman–Crippen LogP) is 2.01. The molecule has 1 aliphatic carbocycles. The summed E-state index contributed by atoms with van der Waals surface area (Å²) in [5, 5.41) is 0. The Morgan fingerprint density at radius 1 is 1.25 bits per heavy atom. The molecule has 0 unspecified atom stereocenters. The van der Waals surface area contributed by atoms with Crippen LogP contribution in [0.1, 0.15) is 32.1 Å². The second kappa shape index (κ2) is 7.11. The van der Waals surface area contributed by atoms with Gasteiger partial charge in [-0.1, -0.05) is 31.4 Å². The zero-order chi connectivity index (χ0) is 17.2. The van der Waals surface area contributed by atoms with Crippen LogP contribution in [0.15, 0.2) is 24.3 Å². The van der Waals surface area contributed by atoms with Gasteiger partial charge < -0.3 is 9.64 Å². The van der Waals surface area contributed by atoms with E-state index in [0.717, 1.165) is 32.1 Å². The lowest BCUT2D eigenvalue weighted by Gasteiger charge is -2.35. The van der Waals surface area contributed by atoms with Gasteiger partial charge in [-0.15, -0.1) is 0 Å². The van der Waals surface area contributed by atoms with Crippen LogP contribution in [-0.2, 0) is 14.8 Å². The van der Waals surface area contributed by atoms with E-state index in [0.29, 0.717) is 24.6 Å². The minimum Gasteiger partial charge on any atom is -0.490 e. The number of carbonyl (C=O) groups excluding carboxylic acids is 1. The Kier molecular flexibility index (Phi) is 5.10. The Labute approximate surface area is 143 Å². The molecule has 6 nitrogen and oxygen atoms in total. The van der Waals surface area contributed by atoms with E-state index in [1.54, 1.807) is 4.90 Å². The summed E-state index contributed by atoms with van der Waals surface area (Å²) in [6.45, 7) is 0.765. The Hall–Kier alpha value is -1.60. The molecule has 2 aliphatic rings. The number of hydrogen-bond donors (Lipinski definition) is 0. The number of para-hydroxylation sites is 2. The van der Waals surface area contributed by atoms with Crippen LogP contribution in [0.2, 0.25) is 0 Å². The number of sulfonamides is 1. The van der Waals surface area contributed by atoms with Gasteiger partial charge >= 0.3 is 0 Å². The number of ether oxygens (including phenoxy) is 1. The molecule has 1 amide bonds. The van der Waals surface area contributed by atoms with Crippen LogP contribution in [0.3, 0.4) is 0 Å². The number of rotatable bonds is 4. The van der Waals surface area contributed by atoms with Crippen LogP contribution in [0.5, 0.6) is 5.75 Å². The van der Waals surface area contributed by atoms with Gasteiger partial charge in [0, 0.05) is 6.04 Å². The lowest BCUT2D eigenvalue weighted by atomic mass is 9.95. The normalized spacial score (nSPS) is 19.0. The number of benzene rings is 1. The van der Waals surface area contributed by atoms with Crippen LogP contribution in [0, 0.1) is 0 Å². The second-order valence-corrected chi connectivity index (χ2v) is 8.40. The molecule has 132 valence electrons. The van der Waals surface area contributed by atoms with Crippen LogP contribution < -0.4 is 9.64 Å². The van der Waals surface area contributed by atoms with Gasteiger partial charge in [0.15, 0.2) is 0 Å². The van der Waals surface area contributed by atoms with Crippen LogP contribution in [0.25, 0.3) is 0 Å². The van der Waals surface area contributed by atoms with Crippen molar-refractivity contribution in [3.63, 3.8) is 0 Å². The molecule has 0 atom stereocenters. The van der Waals surface area contributed by atoms with Crippen molar-refractivity contribution in [2.45, 2.75) is 38.1 Å². The Balaban J connectivity index is 1.79. The molecule has 0 spiro atoms. The summed E-state index contributed by atoms with van der Waals surface area (Å²) < 4.78 is 31.4. The van der Waals surface area contributed by atoms with Crippen LogP contribution in [0.4, 0.5) is 5.69 Å². The van der Waals surface area contributed by atoms with Crippen molar-refractivity contribution >= 4 is 21.6 Å². The highest BCUT2D eigenvalue weighted by Gasteiger charge is 2.32. The molecule has 0 saturated heterocycles. The van der Waals surface area contributed by atoms with Gasteiger partial charge in [0.25, 0.3) is 0 Å². The van der Waals surface area contributed by atoms with Gasteiger partial charge in [-0.05, 0) is 25.0 Å².